The number of nitrogens with one attached hydrogen (secondary N) is 2. The third-order valence-electron chi connectivity index (χ3n) is 6.66. The fraction of sp³-hybridized carbons (Fsp3) is 0.333. The molecule has 0 saturated carbocycles. The summed E-state index contributed by atoms with van der Waals surface area (Å²) < 4.78 is 29.7. The largest absolute Gasteiger partial charge is 0.377 e. The van der Waals surface area contributed by atoms with Gasteiger partial charge >= 0.3 is 0 Å². The minimum atomic E-state index is -4.09. The van der Waals surface area contributed by atoms with E-state index in [1.165, 1.54) is 4.31 Å². The van der Waals surface area contributed by atoms with Crippen LogP contribution in [0.4, 0.5) is 11.4 Å². The lowest BCUT2D eigenvalue weighted by Crippen LogP contribution is -2.48. The first kappa shape index (κ1) is 27.1. The summed E-state index contributed by atoms with van der Waals surface area (Å²) in [5.74, 6) is -0.818. The molecule has 10 nitrogen and oxygen atoms in total. The molecule has 1 atom stereocenters. The van der Waals surface area contributed by atoms with Crippen molar-refractivity contribution in [1.82, 2.24) is 10.7 Å². The quantitative estimate of drug-likeness (QED) is 0.219. The molecule has 0 aliphatic carbocycles. The van der Waals surface area contributed by atoms with Crippen LogP contribution in [0.1, 0.15) is 31.2 Å². The maximum Gasteiger partial charge on any atom is 0.265 e. The third-order valence-corrected chi connectivity index (χ3v) is 8.54. The van der Waals surface area contributed by atoms with Gasteiger partial charge in [0.2, 0.25) is 11.8 Å². The first-order chi connectivity index (χ1) is 18.3. The lowest BCUT2D eigenvalue weighted by Gasteiger charge is -2.27. The molecule has 38 heavy (non-hydrogen) atoms. The molecular formula is C27H31N5O5S. The van der Waals surface area contributed by atoms with Crippen LogP contribution in [0.15, 0.2) is 70.8 Å². The van der Waals surface area contributed by atoms with E-state index in [0.717, 1.165) is 16.6 Å². The Morgan fingerprint density at radius 3 is 2.47 bits per heavy atom. The Balaban J connectivity index is 1.57. The fourth-order valence-electron chi connectivity index (χ4n) is 4.86. The average Bonchev–Trinajstić information content (AvgIpc) is 3.30. The Bertz CT molecular complexity index is 1460. The Morgan fingerprint density at radius 1 is 0.974 bits per heavy atom. The molecule has 0 spiro atoms. The number of sulfonamides is 1. The van der Waals surface area contributed by atoms with Crippen LogP contribution in [0, 0.1) is 4.91 Å². The van der Waals surface area contributed by atoms with E-state index in [0.29, 0.717) is 36.9 Å². The number of nitrogens with zero attached hydrogens (tertiary/aromatic N) is 3. The van der Waals surface area contributed by atoms with Crippen LogP contribution < -0.4 is 19.9 Å². The van der Waals surface area contributed by atoms with E-state index in [4.69, 9.17) is 0 Å². The standard InChI is InChI=1S/C27H31N5O5S/c1-31(2)23-14-8-12-21-20(23)11-9-15-25(21)38(36,37)32-22-13-6-5-10-19(22)18-24(32)27(34)28-17-7-3-4-16-26(33)29-30-35/h5-6,8-15,24H,3-4,7,16-18H2,1-2H3,(H,28,34)(H,29,33,35). The highest BCUT2D eigenvalue weighted by Gasteiger charge is 2.42. The van der Waals surface area contributed by atoms with Crippen molar-refractivity contribution in [2.24, 2.45) is 5.29 Å². The number of fused-ring (bicyclic) bond motifs is 2. The van der Waals surface area contributed by atoms with E-state index in [1.807, 2.05) is 54.8 Å². The number of unbranched alkanes of at least 4 members (excludes halogenated alkanes) is 2. The van der Waals surface area contributed by atoms with E-state index in [-0.39, 0.29) is 23.6 Å². The second-order valence-electron chi connectivity index (χ2n) is 9.40. The zero-order valence-corrected chi connectivity index (χ0v) is 22.2. The molecule has 0 aromatic heterocycles. The lowest BCUT2D eigenvalue weighted by molar-refractivity contribution is -0.122. The maximum atomic E-state index is 14.2. The molecule has 0 fully saturated rings. The molecule has 11 heteroatoms. The van der Waals surface area contributed by atoms with Gasteiger partial charge in [-0.2, -0.15) is 0 Å². The number of rotatable bonds is 11. The number of carbonyl (C=O) groups excluding carboxylic acids is 2. The van der Waals surface area contributed by atoms with E-state index in [1.54, 1.807) is 30.3 Å². The van der Waals surface area contributed by atoms with E-state index < -0.39 is 22.0 Å². The predicted molar refractivity (Wildman–Crippen MR) is 147 cm³/mol. The van der Waals surface area contributed by atoms with E-state index in [2.05, 4.69) is 10.6 Å². The second-order valence-corrected chi connectivity index (χ2v) is 11.2. The summed E-state index contributed by atoms with van der Waals surface area (Å²) in [5.41, 5.74) is 4.04. The zero-order valence-electron chi connectivity index (χ0n) is 21.4. The van der Waals surface area contributed by atoms with Gasteiger partial charge < -0.3 is 10.2 Å². The number of amides is 2. The van der Waals surface area contributed by atoms with Crippen molar-refractivity contribution in [2.45, 2.75) is 43.0 Å². The van der Waals surface area contributed by atoms with E-state index >= 15 is 0 Å². The molecule has 0 radical (unpaired) electrons. The van der Waals surface area contributed by atoms with Gasteiger partial charge in [0.25, 0.3) is 10.0 Å². The Morgan fingerprint density at radius 2 is 1.71 bits per heavy atom. The third kappa shape index (κ3) is 5.47. The summed E-state index contributed by atoms with van der Waals surface area (Å²) in [6, 6.07) is 17.0. The summed E-state index contributed by atoms with van der Waals surface area (Å²) in [5, 5.41) is 6.62. The molecule has 1 unspecified atom stereocenters. The molecule has 3 aromatic carbocycles. The number of anilines is 2. The summed E-state index contributed by atoms with van der Waals surface area (Å²) >= 11 is 0. The molecule has 200 valence electrons. The average molecular weight is 538 g/mol. The van der Waals surface area contributed by atoms with Crippen LogP contribution in [0.2, 0.25) is 0 Å². The molecule has 1 aliphatic heterocycles. The number of benzene rings is 3. The molecule has 2 amide bonds. The highest BCUT2D eigenvalue weighted by Crippen LogP contribution is 2.39. The molecule has 0 bridgehead atoms. The Hall–Kier alpha value is -3.99. The highest BCUT2D eigenvalue weighted by molar-refractivity contribution is 7.93. The molecule has 1 heterocycles. The van der Waals surface area contributed by atoms with Crippen molar-refractivity contribution >= 4 is 44.0 Å². The monoisotopic (exact) mass is 537 g/mol. The number of para-hydroxylation sites is 1. The van der Waals surface area contributed by atoms with Gasteiger partial charge in [-0.15, -0.1) is 4.91 Å². The Labute approximate surface area is 222 Å². The molecular weight excluding hydrogens is 506 g/mol. The van der Waals surface area contributed by atoms with Crippen LogP contribution in [-0.4, -0.2) is 46.9 Å². The summed E-state index contributed by atoms with van der Waals surface area (Å²) in [6.45, 7) is 0.341. The minimum absolute atomic E-state index is 0.149. The van der Waals surface area contributed by atoms with Crippen molar-refractivity contribution in [3.8, 4) is 0 Å². The van der Waals surface area contributed by atoms with Gasteiger partial charge in [-0.1, -0.05) is 48.9 Å². The molecule has 0 saturated heterocycles. The van der Waals surface area contributed by atoms with Crippen LogP contribution in [0.3, 0.4) is 0 Å². The van der Waals surface area contributed by atoms with Crippen molar-refractivity contribution < 1.29 is 18.0 Å². The second kappa shape index (κ2) is 11.6. The minimum Gasteiger partial charge on any atom is -0.377 e. The number of hydrogen-bond acceptors (Lipinski definition) is 7. The van der Waals surface area contributed by atoms with Gasteiger partial charge in [-0.3, -0.25) is 13.9 Å². The van der Waals surface area contributed by atoms with Crippen LogP contribution >= 0.6 is 0 Å². The topological polar surface area (TPSA) is 128 Å². The number of nitroso groups, excluding NO2 is 1. The van der Waals surface area contributed by atoms with Crippen LogP contribution in [-0.2, 0) is 26.0 Å². The van der Waals surface area contributed by atoms with E-state index in [9.17, 15) is 22.9 Å². The normalized spacial score (nSPS) is 14.7. The maximum absolute atomic E-state index is 14.2. The lowest BCUT2D eigenvalue weighted by atomic mass is 10.1. The number of hydrogen-bond donors (Lipinski definition) is 2. The smallest absolute Gasteiger partial charge is 0.265 e. The fourth-order valence-corrected chi connectivity index (χ4v) is 6.72. The summed E-state index contributed by atoms with van der Waals surface area (Å²) in [4.78, 5) is 36.7. The molecule has 4 rings (SSSR count). The highest BCUT2D eigenvalue weighted by atomic mass is 32.2. The molecule has 1 aliphatic rings. The molecule has 3 aromatic rings. The van der Waals surface area contributed by atoms with Gasteiger partial charge in [-0.05, 0) is 36.6 Å². The van der Waals surface area contributed by atoms with Gasteiger partial charge in [0.15, 0.2) is 0 Å². The first-order valence-corrected chi connectivity index (χ1v) is 13.9. The van der Waals surface area contributed by atoms with Gasteiger partial charge in [0.05, 0.1) is 15.9 Å². The van der Waals surface area contributed by atoms with Crippen LogP contribution in [0.5, 0.6) is 0 Å². The van der Waals surface area contributed by atoms with Crippen LogP contribution in [0.25, 0.3) is 10.8 Å². The Kier molecular flexibility index (Phi) is 8.26. The predicted octanol–water partition coefficient (Wildman–Crippen LogP) is 3.50. The van der Waals surface area contributed by atoms with Crippen molar-refractivity contribution in [3.05, 3.63) is 71.1 Å². The van der Waals surface area contributed by atoms with Crippen molar-refractivity contribution in [1.29, 1.82) is 0 Å². The SMILES string of the molecule is CN(C)c1cccc2c(S(=O)(=O)N3c4ccccc4CC3C(=O)NCCCCCC(=O)NN=O)cccc12. The van der Waals surface area contributed by atoms with Gasteiger partial charge in [-0.25, -0.2) is 13.8 Å². The summed E-state index contributed by atoms with van der Waals surface area (Å²) in [7, 11) is -0.281. The molecule has 2 N–H and O–H groups in total. The van der Waals surface area contributed by atoms with Gasteiger partial charge in [0, 0.05) is 49.9 Å². The van der Waals surface area contributed by atoms with Crippen molar-refractivity contribution in [3.63, 3.8) is 0 Å². The summed E-state index contributed by atoms with van der Waals surface area (Å²) in [6.07, 6.45) is 2.25. The number of carbonyl (C=O) groups is 2. The first-order valence-electron chi connectivity index (χ1n) is 12.5. The van der Waals surface area contributed by atoms with Crippen molar-refractivity contribution in [2.75, 3.05) is 29.8 Å². The zero-order chi connectivity index (χ0) is 27.3. The van der Waals surface area contributed by atoms with Gasteiger partial charge in [0.1, 0.15) is 6.04 Å².